The number of carbonyl (C=O) groups is 4. The molecule has 2 amide bonds. The van der Waals surface area contributed by atoms with Crippen LogP contribution in [0, 0.1) is 5.92 Å². The maximum Gasteiger partial charge on any atom is 0.311 e. The molecule has 2 aromatic carbocycles. The molecule has 1 heterocycles. The Labute approximate surface area is 189 Å². The Hall–Kier alpha value is -3.59. The summed E-state index contributed by atoms with van der Waals surface area (Å²) in [6, 6.07) is 10.8. The molecule has 1 atom stereocenters. The van der Waals surface area contributed by atoms with Gasteiger partial charge in [-0.2, -0.15) is 0 Å². The first-order valence-electron chi connectivity index (χ1n) is 9.60. The highest BCUT2D eigenvalue weighted by molar-refractivity contribution is 6.30. The van der Waals surface area contributed by atoms with Crippen LogP contribution in [0.2, 0.25) is 5.02 Å². The van der Waals surface area contributed by atoms with Crippen LogP contribution < -0.4 is 14.9 Å². The first-order chi connectivity index (χ1) is 15.3. The smallest absolute Gasteiger partial charge is 0.311 e. The molecular formula is C22H21ClN2O7. The summed E-state index contributed by atoms with van der Waals surface area (Å²) in [5.74, 6) is -2.08. The largest absolute Gasteiger partial charge is 0.497 e. The number of ether oxygens (including phenoxy) is 3. The highest BCUT2D eigenvalue weighted by Gasteiger charge is 2.36. The molecule has 1 N–H and O–H groups in total. The summed E-state index contributed by atoms with van der Waals surface area (Å²) < 4.78 is 15.3. The van der Waals surface area contributed by atoms with Crippen molar-refractivity contribution in [2.24, 2.45) is 5.92 Å². The molecule has 0 unspecified atom stereocenters. The number of nitrogens with one attached hydrogen (secondary N) is 1. The lowest BCUT2D eigenvalue weighted by Gasteiger charge is -2.18. The highest BCUT2D eigenvalue weighted by Crippen LogP contribution is 2.23. The number of carbonyl (C=O) groups excluding carboxylic acids is 4. The number of amides is 2. The molecule has 1 aliphatic heterocycles. The molecule has 168 valence electrons. The van der Waals surface area contributed by atoms with E-state index in [9.17, 15) is 19.2 Å². The Balaban J connectivity index is 1.56. The van der Waals surface area contributed by atoms with E-state index in [0.717, 1.165) is 5.01 Å². The summed E-state index contributed by atoms with van der Waals surface area (Å²) in [5.41, 5.74) is 3.05. The molecule has 3 rings (SSSR count). The van der Waals surface area contributed by atoms with Crippen molar-refractivity contribution in [3.8, 4) is 11.5 Å². The van der Waals surface area contributed by atoms with Gasteiger partial charge < -0.3 is 14.2 Å². The van der Waals surface area contributed by atoms with E-state index in [4.69, 9.17) is 25.8 Å². The van der Waals surface area contributed by atoms with Gasteiger partial charge in [0.25, 0.3) is 5.91 Å². The van der Waals surface area contributed by atoms with Crippen LogP contribution in [0.3, 0.4) is 0 Å². The lowest BCUT2D eigenvalue weighted by molar-refractivity contribution is -0.147. The van der Waals surface area contributed by atoms with Crippen LogP contribution in [0.5, 0.6) is 11.5 Å². The zero-order valence-electron chi connectivity index (χ0n) is 17.4. The van der Waals surface area contributed by atoms with Gasteiger partial charge in [0.2, 0.25) is 5.91 Å². The molecular weight excluding hydrogens is 440 g/mol. The fourth-order valence-corrected chi connectivity index (χ4v) is 3.20. The summed E-state index contributed by atoms with van der Waals surface area (Å²) in [6.07, 6.45) is -0.143. The van der Waals surface area contributed by atoms with Crippen molar-refractivity contribution in [1.29, 1.82) is 0 Å². The lowest BCUT2D eigenvalue weighted by atomic mass is 10.1. The van der Waals surface area contributed by atoms with Crippen molar-refractivity contribution in [2.45, 2.75) is 6.42 Å². The van der Waals surface area contributed by atoms with Crippen molar-refractivity contribution in [3.05, 3.63) is 58.6 Å². The SMILES string of the molecule is COc1cc(OC)cc(C(=O)NN2C[C@@H](C(=O)OCC(=O)c3ccc(Cl)cc3)CC2=O)c1. The summed E-state index contributed by atoms with van der Waals surface area (Å²) in [7, 11) is 2.91. The maximum atomic E-state index is 12.6. The number of halogens is 1. The van der Waals surface area contributed by atoms with E-state index >= 15 is 0 Å². The number of rotatable bonds is 8. The molecule has 2 aromatic rings. The van der Waals surface area contributed by atoms with Crippen molar-refractivity contribution in [3.63, 3.8) is 0 Å². The van der Waals surface area contributed by atoms with Crippen LogP contribution in [0.4, 0.5) is 0 Å². The first kappa shape index (κ1) is 23.1. The third-order valence-corrected chi connectivity index (χ3v) is 5.07. The van der Waals surface area contributed by atoms with Crippen LogP contribution in [-0.4, -0.2) is 55.9 Å². The van der Waals surface area contributed by atoms with E-state index in [-0.39, 0.29) is 18.5 Å². The van der Waals surface area contributed by atoms with Gasteiger partial charge in [0, 0.05) is 28.6 Å². The average molecular weight is 461 g/mol. The zero-order chi connectivity index (χ0) is 23.3. The van der Waals surface area contributed by atoms with Gasteiger partial charge in [0.15, 0.2) is 12.4 Å². The predicted molar refractivity (Wildman–Crippen MR) is 114 cm³/mol. The van der Waals surface area contributed by atoms with E-state index in [1.807, 2.05) is 0 Å². The number of nitrogens with zero attached hydrogens (tertiary/aromatic N) is 1. The molecule has 0 aromatic heterocycles. The Bertz CT molecular complexity index is 1020. The molecule has 1 saturated heterocycles. The Morgan fingerprint density at radius 3 is 2.25 bits per heavy atom. The van der Waals surface area contributed by atoms with Gasteiger partial charge in [-0.15, -0.1) is 0 Å². The van der Waals surface area contributed by atoms with Gasteiger partial charge in [-0.25, -0.2) is 0 Å². The van der Waals surface area contributed by atoms with Crippen LogP contribution >= 0.6 is 11.6 Å². The van der Waals surface area contributed by atoms with Crippen molar-refractivity contribution >= 4 is 35.2 Å². The molecule has 1 aliphatic rings. The summed E-state index contributed by atoms with van der Waals surface area (Å²) >= 11 is 5.79. The van der Waals surface area contributed by atoms with E-state index in [1.54, 1.807) is 18.2 Å². The number of hydrogen-bond acceptors (Lipinski definition) is 7. The molecule has 0 radical (unpaired) electrons. The van der Waals surface area contributed by atoms with Crippen molar-refractivity contribution in [1.82, 2.24) is 10.4 Å². The number of benzene rings is 2. The minimum atomic E-state index is -0.805. The minimum Gasteiger partial charge on any atom is -0.497 e. The van der Waals surface area contributed by atoms with Gasteiger partial charge >= 0.3 is 5.97 Å². The average Bonchev–Trinajstić information content (AvgIpc) is 3.17. The van der Waals surface area contributed by atoms with Gasteiger partial charge in [0.1, 0.15) is 11.5 Å². The first-order valence-corrected chi connectivity index (χ1v) is 9.98. The third-order valence-electron chi connectivity index (χ3n) is 4.82. The lowest BCUT2D eigenvalue weighted by Crippen LogP contribution is -2.43. The zero-order valence-corrected chi connectivity index (χ0v) is 18.2. The van der Waals surface area contributed by atoms with Crippen molar-refractivity contribution < 1.29 is 33.4 Å². The molecule has 1 fully saturated rings. The van der Waals surface area contributed by atoms with E-state index in [0.29, 0.717) is 22.1 Å². The minimum absolute atomic E-state index is 0.0698. The van der Waals surface area contributed by atoms with Crippen LogP contribution in [0.25, 0.3) is 0 Å². The number of esters is 1. The fraction of sp³-hybridized carbons (Fsp3) is 0.273. The number of ketones is 1. The number of hydrogen-bond donors (Lipinski definition) is 1. The summed E-state index contributed by atoms with van der Waals surface area (Å²) in [5, 5.41) is 1.54. The molecule has 10 heteroatoms. The monoisotopic (exact) mass is 460 g/mol. The predicted octanol–water partition coefficient (Wildman–Crippen LogP) is 2.28. The normalized spacial score (nSPS) is 15.3. The van der Waals surface area contributed by atoms with Gasteiger partial charge in [-0.05, 0) is 36.4 Å². The van der Waals surface area contributed by atoms with Crippen LogP contribution in [-0.2, 0) is 14.3 Å². The number of Topliss-reactive ketones (excluding diaryl/α,β-unsaturated/α-hetero) is 1. The Morgan fingerprint density at radius 2 is 1.66 bits per heavy atom. The van der Waals surface area contributed by atoms with Gasteiger partial charge in [0.05, 0.1) is 26.7 Å². The molecule has 9 nitrogen and oxygen atoms in total. The molecule has 0 saturated carbocycles. The Morgan fingerprint density at radius 1 is 1.03 bits per heavy atom. The molecule has 0 bridgehead atoms. The second-order valence-corrected chi connectivity index (χ2v) is 7.42. The third kappa shape index (κ3) is 5.55. The standard InChI is InChI=1S/C22H21ClN2O7/c1-30-17-7-14(8-18(10-17)31-2)21(28)24-25-11-15(9-20(25)27)22(29)32-12-19(26)13-3-5-16(23)6-4-13/h3-8,10,15H,9,11-12H2,1-2H3,(H,24,28)/t15-/m0/s1. The Kier molecular flexibility index (Phi) is 7.32. The molecule has 0 aliphatic carbocycles. The number of hydrazine groups is 1. The van der Waals surface area contributed by atoms with E-state index in [1.165, 1.54) is 38.5 Å². The van der Waals surface area contributed by atoms with Crippen LogP contribution in [0.15, 0.2) is 42.5 Å². The second-order valence-electron chi connectivity index (χ2n) is 6.99. The fourth-order valence-electron chi connectivity index (χ4n) is 3.07. The molecule has 32 heavy (non-hydrogen) atoms. The van der Waals surface area contributed by atoms with Crippen molar-refractivity contribution in [2.75, 3.05) is 27.4 Å². The topological polar surface area (TPSA) is 111 Å². The maximum absolute atomic E-state index is 12.6. The van der Waals surface area contributed by atoms with Gasteiger partial charge in [-0.3, -0.25) is 29.6 Å². The summed E-state index contributed by atoms with van der Waals surface area (Å²) in [4.78, 5) is 49.3. The van der Waals surface area contributed by atoms with Gasteiger partial charge in [-0.1, -0.05) is 11.6 Å². The number of methoxy groups -OCH3 is 2. The van der Waals surface area contributed by atoms with E-state index < -0.39 is 36.1 Å². The summed E-state index contributed by atoms with van der Waals surface area (Å²) in [6.45, 7) is -0.527. The van der Waals surface area contributed by atoms with Crippen LogP contribution in [0.1, 0.15) is 27.1 Å². The quantitative estimate of drug-likeness (QED) is 0.475. The van der Waals surface area contributed by atoms with E-state index in [2.05, 4.69) is 5.43 Å². The second kappa shape index (κ2) is 10.1. The highest BCUT2D eigenvalue weighted by atomic mass is 35.5. The molecule has 0 spiro atoms.